The molecule has 1 saturated heterocycles. The van der Waals surface area contributed by atoms with Gasteiger partial charge in [0.25, 0.3) is 0 Å². The van der Waals surface area contributed by atoms with Crippen molar-refractivity contribution in [2.45, 2.75) is 38.6 Å². The second-order valence-electron chi connectivity index (χ2n) is 6.43. The summed E-state index contributed by atoms with van der Waals surface area (Å²) >= 11 is 5.81. The molecule has 1 amide bonds. The van der Waals surface area contributed by atoms with E-state index in [1.165, 1.54) is 24.8 Å². The number of rotatable bonds is 3. The third-order valence-electron chi connectivity index (χ3n) is 4.83. The van der Waals surface area contributed by atoms with E-state index in [2.05, 4.69) is 14.8 Å². The molecule has 0 N–H and O–H groups in total. The number of nitrogens with zero attached hydrogens (tertiary/aromatic N) is 3. The number of hydrogen-bond acceptors (Lipinski definition) is 3. The van der Waals surface area contributed by atoms with Gasteiger partial charge in [-0.15, -0.1) is 0 Å². The number of carbonyl (C=O) groups is 1. The first kappa shape index (κ1) is 15.8. The van der Waals surface area contributed by atoms with Crippen LogP contribution in [0.25, 0.3) is 0 Å². The Hall–Kier alpha value is -1.13. The fourth-order valence-corrected chi connectivity index (χ4v) is 3.60. The Morgan fingerprint density at radius 1 is 1.14 bits per heavy atom. The van der Waals surface area contributed by atoms with Crippen molar-refractivity contribution in [2.75, 3.05) is 26.2 Å². The van der Waals surface area contributed by atoms with Crippen LogP contribution in [0.5, 0.6) is 0 Å². The van der Waals surface area contributed by atoms with Gasteiger partial charge in [-0.2, -0.15) is 0 Å². The highest BCUT2D eigenvalue weighted by Gasteiger charge is 2.28. The van der Waals surface area contributed by atoms with Crippen LogP contribution in [0, 0.1) is 5.92 Å². The lowest BCUT2D eigenvalue weighted by atomic mass is 9.88. The Labute approximate surface area is 137 Å². The Morgan fingerprint density at radius 3 is 2.50 bits per heavy atom. The predicted molar refractivity (Wildman–Crippen MR) is 87.7 cm³/mol. The highest BCUT2D eigenvalue weighted by Crippen LogP contribution is 2.26. The van der Waals surface area contributed by atoms with Gasteiger partial charge in [-0.3, -0.25) is 9.69 Å². The van der Waals surface area contributed by atoms with Crippen LogP contribution in [0.15, 0.2) is 18.3 Å². The number of halogens is 1. The van der Waals surface area contributed by atoms with E-state index >= 15 is 0 Å². The Kier molecular flexibility index (Phi) is 5.32. The zero-order chi connectivity index (χ0) is 15.4. The van der Waals surface area contributed by atoms with Gasteiger partial charge in [0.05, 0.1) is 0 Å². The summed E-state index contributed by atoms with van der Waals surface area (Å²) in [5.74, 6) is 0.688. The van der Waals surface area contributed by atoms with Crippen molar-refractivity contribution in [3.8, 4) is 0 Å². The molecule has 1 aliphatic carbocycles. The molecule has 0 atom stereocenters. The first-order valence-corrected chi connectivity index (χ1v) is 8.72. The Morgan fingerprint density at radius 2 is 1.86 bits per heavy atom. The van der Waals surface area contributed by atoms with Gasteiger partial charge >= 0.3 is 0 Å². The van der Waals surface area contributed by atoms with Crippen LogP contribution < -0.4 is 0 Å². The molecule has 1 aliphatic heterocycles. The topological polar surface area (TPSA) is 36.4 Å². The van der Waals surface area contributed by atoms with Crippen LogP contribution in [0.2, 0.25) is 5.15 Å². The molecule has 1 aromatic rings. The summed E-state index contributed by atoms with van der Waals surface area (Å²) in [5, 5.41) is 0.534. The maximum atomic E-state index is 12.5. The first-order chi connectivity index (χ1) is 10.7. The molecule has 0 radical (unpaired) electrons. The van der Waals surface area contributed by atoms with Gasteiger partial charge < -0.3 is 4.90 Å². The van der Waals surface area contributed by atoms with E-state index < -0.39 is 0 Å². The number of amides is 1. The summed E-state index contributed by atoms with van der Waals surface area (Å²) in [5.41, 5.74) is 1.18. The molecule has 1 aromatic heterocycles. The molecule has 2 fully saturated rings. The molecular formula is C17H24ClN3O. The van der Waals surface area contributed by atoms with Gasteiger partial charge in [-0.1, -0.05) is 36.9 Å². The van der Waals surface area contributed by atoms with Crippen LogP contribution >= 0.6 is 11.6 Å². The fourth-order valence-electron chi connectivity index (χ4n) is 3.49. The highest BCUT2D eigenvalue weighted by atomic mass is 35.5. The smallest absolute Gasteiger partial charge is 0.225 e. The first-order valence-electron chi connectivity index (χ1n) is 8.34. The van der Waals surface area contributed by atoms with Crippen LogP contribution in [0.1, 0.15) is 37.7 Å². The normalized spacial score (nSPS) is 21.0. The van der Waals surface area contributed by atoms with Crippen molar-refractivity contribution in [3.05, 3.63) is 29.0 Å². The molecule has 120 valence electrons. The summed E-state index contributed by atoms with van der Waals surface area (Å²) in [6.45, 7) is 4.49. The fraction of sp³-hybridized carbons (Fsp3) is 0.647. The molecule has 1 saturated carbocycles. The third kappa shape index (κ3) is 3.99. The van der Waals surface area contributed by atoms with Crippen LogP contribution in [0.4, 0.5) is 0 Å². The zero-order valence-corrected chi connectivity index (χ0v) is 13.8. The largest absolute Gasteiger partial charge is 0.340 e. The lowest BCUT2D eigenvalue weighted by molar-refractivity contribution is -0.138. The minimum atomic E-state index is 0.292. The van der Waals surface area contributed by atoms with Crippen molar-refractivity contribution in [1.29, 1.82) is 0 Å². The van der Waals surface area contributed by atoms with Crippen molar-refractivity contribution in [1.82, 2.24) is 14.8 Å². The molecular weight excluding hydrogens is 298 g/mol. The summed E-state index contributed by atoms with van der Waals surface area (Å²) in [6, 6.07) is 3.86. The van der Waals surface area contributed by atoms with Crippen molar-refractivity contribution in [3.63, 3.8) is 0 Å². The molecule has 4 nitrogen and oxygen atoms in total. The second kappa shape index (κ2) is 7.42. The number of piperazine rings is 1. The summed E-state index contributed by atoms with van der Waals surface area (Å²) in [7, 11) is 0. The van der Waals surface area contributed by atoms with E-state index in [1.54, 1.807) is 0 Å². The number of aromatic nitrogens is 1. The van der Waals surface area contributed by atoms with E-state index in [-0.39, 0.29) is 0 Å². The van der Waals surface area contributed by atoms with Gasteiger partial charge in [0.1, 0.15) is 5.15 Å². The third-order valence-corrected chi connectivity index (χ3v) is 5.06. The average molecular weight is 322 g/mol. The highest BCUT2D eigenvalue weighted by molar-refractivity contribution is 6.29. The van der Waals surface area contributed by atoms with E-state index in [4.69, 9.17) is 11.6 Å². The molecule has 2 aliphatic rings. The summed E-state index contributed by atoms with van der Waals surface area (Å²) in [6.07, 6.45) is 7.76. The summed E-state index contributed by atoms with van der Waals surface area (Å²) < 4.78 is 0. The minimum absolute atomic E-state index is 0.292. The van der Waals surface area contributed by atoms with Crippen molar-refractivity contribution in [2.24, 2.45) is 5.92 Å². The van der Waals surface area contributed by atoms with Gasteiger partial charge in [-0.25, -0.2) is 4.98 Å². The van der Waals surface area contributed by atoms with E-state index in [9.17, 15) is 4.79 Å². The second-order valence-corrected chi connectivity index (χ2v) is 6.81. The Balaban J connectivity index is 1.47. The SMILES string of the molecule is O=C(C1CCCCC1)N1CCN(Cc2ccc(Cl)nc2)CC1. The summed E-state index contributed by atoms with van der Waals surface area (Å²) in [4.78, 5) is 21.1. The van der Waals surface area contributed by atoms with Gasteiger partial charge in [0.2, 0.25) is 5.91 Å². The van der Waals surface area contributed by atoms with Gasteiger partial charge in [0, 0.05) is 44.8 Å². The lowest BCUT2D eigenvalue weighted by Gasteiger charge is -2.37. The average Bonchev–Trinajstić information content (AvgIpc) is 2.58. The molecule has 0 unspecified atom stereocenters. The number of carbonyl (C=O) groups excluding carboxylic acids is 1. The number of hydrogen-bond donors (Lipinski definition) is 0. The molecule has 3 rings (SSSR count). The quantitative estimate of drug-likeness (QED) is 0.803. The van der Waals surface area contributed by atoms with Gasteiger partial charge in [0.15, 0.2) is 0 Å². The minimum Gasteiger partial charge on any atom is -0.340 e. The van der Waals surface area contributed by atoms with Crippen molar-refractivity contribution >= 4 is 17.5 Å². The maximum absolute atomic E-state index is 12.5. The van der Waals surface area contributed by atoms with Crippen LogP contribution in [-0.4, -0.2) is 46.9 Å². The lowest BCUT2D eigenvalue weighted by Crippen LogP contribution is -2.50. The molecule has 0 spiro atoms. The standard InChI is InChI=1S/C17H24ClN3O/c18-16-7-6-14(12-19-16)13-20-8-10-21(11-9-20)17(22)15-4-2-1-3-5-15/h6-7,12,15H,1-5,8-11,13H2. The van der Waals surface area contributed by atoms with E-state index in [0.29, 0.717) is 17.0 Å². The van der Waals surface area contributed by atoms with Gasteiger partial charge in [-0.05, 0) is 24.5 Å². The maximum Gasteiger partial charge on any atom is 0.225 e. The molecule has 2 heterocycles. The van der Waals surface area contributed by atoms with Crippen LogP contribution in [0.3, 0.4) is 0 Å². The molecule has 0 aromatic carbocycles. The van der Waals surface area contributed by atoms with E-state index in [1.807, 2.05) is 18.3 Å². The van der Waals surface area contributed by atoms with Crippen LogP contribution in [-0.2, 0) is 11.3 Å². The van der Waals surface area contributed by atoms with Crippen molar-refractivity contribution < 1.29 is 4.79 Å². The monoisotopic (exact) mass is 321 g/mol. The number of pyridine rings is 1. The molecule has 0 bridgehead atoms. The van der Waals surface area contributed by atoms with E-state index in [0.717, 1.165) is 45.6 Å². The molecule has 5 heteroatoms. The predicted octanol–water partition coefficient (Wildman–Crippen LogP) is 2.96. The molecule has 22 heavy (non-hydrogen) atoms. The Bertz CT molecular complexity index is 491. The zero-order valence-electron chi connectivity index (χ0n) is 13.0.